The molecule has 0 aliphatic carbocycles. The second kappa shape index (κ2) is 6.86. The topological polar surface area (TPSA) is 22.1 Å². The zero-order valence-electron chi connectivity index (χ0n) is 11.0. The van der Waals surface area contributed by atoms with Gasteiger partial charge in [0.05, 0.1) is 12.9 Å². The first-order valence-corrected chi connectivity index (χ1v) is 6.96. The first kappa shape index (κ1) is 13.5. The Bertz CT molecular complexity index is 613. The van der Waals surface area contributed by atoms with Gasteiger partial charge in [0.2, 0.25) is 0 Å². The van der Waals surface area contributed by atoms with E-state index in [-0.39, 0.29) is 0 Å². The van der Waals surface area contributed by atoms with E-state index in [2.05, 4.69) is 22.9 Å². The average Bonchev–Trinajstić information content (AvgIpc) is 2.44. The Hall–Kier alpha value is -1.92. The predicted molar refractivity (Wildman–Crippen MR) is 79.6 cm³/mol. The molecule has 96 valence electrons. The van der Waals surface area contributed by atoms with Gasteiger partial charge in [-0.25, -0.2) is 4.98 Å². The molecule has 19 heavy (non-hydrogen) atoms. The molecule has 0 spiro atoms. The Labute approximate surface area is 118 Å². The minimum absolute atomic E-state index is 0.739. The van der Waals surface area contributed by atoms with Gasteiger partial charge >= 0.3 is 0 Å². The summed E-state index contributed by atoms with van der Waals surface area (Å²) in [6, 6.07) is 13.9. The van der Waals surface area contributed by atoms with Gasteiger partial charge < -0.3 is 4.74 Å². The van der Waals surface area contributed by atoms with Crippen molar-refractivity contribution in [3.8, 4) is 17.6 Å². The summed E-state index contributed by atoms with van der Waals surface area (Å²) in [6.07, 6.45) is 0. The van der Waals surface area contributed by atoms with Gasteiger partial charge in [-0.05, 0) is 43.2 Å². The summed E-state index contributed by atoms with van der Waals surface area (Å²) < 4.78 is 5.18. The molecule has 0 atom stereocenters. The Morgan fingerprint density at radius 2 is 2.05 bits per heavy atom. The lowest BCUT2D eigenvalue weighted by Crippen LogP contribution is -1.85. The number of benzene rings is 1. The third-order valence-electron chi connectivity index (χ3n) is 2.46. The maximum Gasteiger partial charge on any atom is 0.119 e. The van der Waals surface area contributed by atoms with Gasteiger partial charge in [-0.15, -0.1) is 11.8 Å². The van der Waals surface area contributed by atoms with Crippen LogP contribution in [0.15, 0.2) is 47.4 Å². The molecule has 2 rings (SSSR count). The summed E-state index contributed by atoms with van der Waals surface area (Å²) in [5, 5.41) is 0. The number of hydrogen-bond donors (Lipinski definition) is 0. The minimum atomic E-state index is 0.739. The predicted octanol–water partition coefficient (Wildman–Crippen LogP) is 3.54. The number of pyridine rings is 1. The van der Waals surface area contributed by atoms with Gasteiger partial charge in [-0.2, -0.15) is 0 Å². The van der Waals surface area contributed by atoms with Gasteiger partial charge in [0.15, 0.2) is 0 Å². The van der Waals surface area contributed by atoms with Crippen molar-refractivity contribution in [3.05, 3.63) is 53.9 Å². The Morgan fingerprint density at radius 1 is 1.21 bits per heavy atom. The fourth-order valence-corrected chi connectivity index (χ4v) is 2.23. The molecule has 0 aliphatic rings. The third-order valence-corrected chi connectivity index (χ3v) is 3.33. The Morgan fingerprint density at radius 3 is 2.84 bits per heavy atom. The highest BCUT2D eigenvalue weighted by Gasteiger charge is 1.95. The van der Waals surface area contributed by atoms with Gasteiger partial charge in [-0.1, -0.05) is 18.1 Å². The molecular formula is C16H15NOS. The second-order valence-corrected chi connectivity index (χ2v) is 4.98. The second-order valence-electron chi connectivity index (χ2n) is 3.93. The maximum absolute atomic E-state index is 5.18. The normalized spacial score (nSPS) is 9.58. The largest absolute Gasteiger partial charge is 0.497 e. The molecule has 0 bridgehead atoms. The van der Waals surface area contributed by atoms with Crippen LogP contribution in [0.1, 0.15) is 11.4 Å². The number of nitrogens with zero attached hydrogens (tertiary/aromatic N) is 1. The Kier molecular flexibility index (Phi) is 4.88. The smallest absolute Gasteiger partial charge is 0.119 e. The molecule has 0 fully saturated rings. The third kappa shape index (κ3) is 4.35. The number of hydrogen-bond acceptors (Lipinski definition) is 3. The van der Waals surface area contributed by atoms with E-state index in [1.54, 1.807) is 18.9 Å². The van der Waals surface area contributed by atoms with E-state index >= 15 is 0 Å². The quantitative estimate of drug-likeness (QED) is 0.628. The van der Waals surface area contributed by atoms with Crippen molar-refractivity contribution in [1.29, 1.82) is 0 Å². The summed E-state index contributed by atoms with van der Waals surface area (Å²) >= 11 is 1.69. The van der Waals surface area contributed by atoms with E-state index in [0.29, 0.717) is 0 Å². The van der Waals surface area contributed by atoms with Crippen LogP contribution in [0.4, 0.5) is 0 Å². The summed E-state index contributed by atoms with van der Waals surface area (Å²) in [6.45, 7) is 1.97. The van der Waals surface area contributed by atoms with E-state index in [1.807, 2.05) is 43.3 Å². The van der Waals surface area contributed by atoms with Gasteiger partial charge in [0.1, 0.15) is 11.4 Å². The highest BCUT2D eigenvalue weighted by atomic mass is 32.2. The molecule has 2 aromatic rings. The maximum atomic E-state index is 5.18. The van der Waals surface area contributed by atoms with Crippen LogP contribution in [0.25, 0.3) is 0 Å². The number of methoxy groups -OCH3 is 1. The van der Waals surface area contributed by atoms with Crippen LogP contribution in [0.5, 0.6) is 5.75 Å². The monoisotopic (exact) mass is 269 g/mol. The Balaban J connectivity index is 1.93. The molecule has 2 nitrogen and oxygen atoms in total. The van der Waals surface area contributed by atoms with Crippen LogP contribution in [-0.4, -0.2) is 17.8 Å². The van der Waals surface area contributed by atoms with E-state index in [4.69, 9.17) is 4.74 Å². The van der Waals surface area contributed by atoms with Gasteiger partial charge in [-0.3, -0.25) is 0 Å². The van der Waals surface area contributed by atoms with Gasteiger partial charge in [0, 0.05) is 10.6 Å². The van der Waals surface area contributed by atoms with Crippen molar-refractivity contribution < 1.29 is 4.74 Å². The van der Waals surface area contributed by atoms with Crippen LogP contribution in [0, 0.1) is 18.8 Å². The molecule has 0 saturated carbocycles. The van der Waals surface area contributed by atoms with E-state index in [9.17, 15) is 0 Å². The fourth-order valence-electron chi connectivity index (χ4n) is 1.55. The van der Waals surface area contributed by atoms with Crippen LogP contribution >= 0.6 is 11.8 Å². The lowest BCUT2D eigenvalue weighted by molar-refractivity contribution is 0.413. The molecule has 3 heteroatoms. The molecule has 0 N–H and O–H groups in total. The zero-order valence-corrected chi connectivity index (χ0v) is 11.8. The van der Waals surface area contributed by atoms with Crippen LogP contribution < -0.4 is 4.74 Å². The summed E-state index contributed by atoms with van der Waals surface area (Å²) in [5.74, 6) is 7.81. The molecule has 0 saturated heterocycles. The lowest BCUT2D eigenvalue weighted by Gasteiger charge is -2.01. The number of ether oxygens (including phenoxy) is 1. The zero-order chi connectivity index (χ0) is 13.5. The highest BCUT2D eigenvalue weighted by molar-refractivity contribution is 7.99. The van der Waals surface area contributed by atoms with Crippen molar-refractivity contribution in [3.63, 3.8) is 0 Å². The first-order valence-electron chi connectivity index (χ1n) is 5.97. The van der Waals surface area contributed by atoms with Crippen molar-refractivity contribution in [2.24, 2.45) is 0 Å². The fraction of sp³-hybridized carbons (Fsp3) is 0.188. The number of thioether (sulfide) groups is 1. The summed E-state index contributed by atoms with van der Waals surface area (Å²) in [5.41, 5.74) is 1.82. The molecular weight excluding hydrogens is 254 g/mol. The van der Waals surface area contributed by atoms with Gasteiger partial charge in [0.25, 0.3) is 0 Å². The molecule has 0 amide bonds. The minimum Gasteiger partial charge on any atom is -0.497 e. The molecule has 1 heterocycles. The van der Waals surface area contributed by atoms with Crippen molar-refractivity contribution in [1.82, 2.24) is 4.98 Å². The summed E-state index contributed by atoms with van der Waals surface area (Å²) in [4.78, 5) is 5.50. The SMILES string of the molecule is COc1cccc(SCC#Cc2cccc(C)n2)c1. The number of aryl methyl sites for hydroxylation is 1. The van der Waals surface area contributed by atoms with E-state index in [0.717, 1.165) is 27.8 Å². The molecule has 0 radical (unpaired) electrons. The summed E-state index contributed by atoms with van der Waals surface area (Å²) in [7, 11) is 1.67. The standard InChI is InChI=1S/C16H15NOS/c1-13-6-3-7-14(17-13)8-5-11-19-16-10-4-9-15(12-16)18-2/h3-4,6-7,9-10,12H,11H2,1-2H3. The lowest BCUT2D eigenvalue weighted by atomic mass is 10.3. The molecule has 0 aliphatic heterocycles. The van der Waals surface area contributed by atoms with E-state index in [1.165, 1.54) is 0 Å². The highest BCUT2D eigenvalue weighted by Crippen LogP contribution is 2.22. The van der Waals surface area contributed by atoms with Crippen LogP contribution in [-0.2, 0) is 0 Å². The average molecular weight is 269 g/mol. The molecule has 1 aromatic carbocycles. The van der Waals surface area contributed by atoms with Crippen LogP contribution in [0.2, 0.25) is 0 Å². The number of aromatic nitrogens is 1. The van der Waals surface area contributed by atoms with Crippen LogP contribution in [0.3, 0.4) is 0 Å². The molecule has 0 unspecified atom stereocenters. The van der Waals surface area contributed by atoms with E-state index < -0.39 is 0 Å². The first-order chi connectivity index (χ1) is 9.28. The van der Waals surface area contributed by atoms with Crippen molar-refractivity contribution >= 4 is 11.8 Å². The number of rotatable bonds is 3. The van der Waals surface area contributed by atoms with Crippen molar-refractivity contribution in [2.75, 3.05) is 12.9 Å². The van der Waals surface area contributed by atoms with Crippen molar-refractivity contribution in [2.45, 2.75) is 11.8 Å². The molecule has 1 aromatic heterocycles.